The maximum Gasteiger partial charge on any atom is 0.338 e. The standard InChI is InChI=1S/C12H9IO4/c1-16-12(15)8-5-9(13)10(14)6-7(8)11-3-2-4-17-11/h2-6,14H,1H3. The van der Waals surface area contributed by atoms with Crippen LogP contribution in [-0.4, -0.2) is 18.2 Å². The molecule has 0 unspecified atom stereocenters. The van der Waals surface area contributed by atoms with Crippen molar-refractivity contribution >= 4 is 28.6 Å². The molecule has 2 rings (SSSR count). The molecule has 88 valence electrons. The van der Waals surface area contributed by atoms with Gasteiger partial charge in [0.05, 0.1) is 22.5 Å². The number of carbonyl (C=O) groups is 1. The van der Waals surface area contributed by atoms with Crippen LogP contribution < -0.4 is 0 Å². The van der Waals surface area contributed by atoms with E-state index in [-0.39, 0.29) is 5.75 Å². The quantitative estimate of drug-likeness (QED) is 0.672. The number of methoxy groups -OCH3 is 1. The van der Waals surface area contributed by atoms with E-state index in [4.69, 9.17) is 9.15 Å². The maximum atomic E-state index is 11.6. The van der Waals surface area contributed by atoms with Gasteiger partial charge in [0.1, 0.15) is 11.5 Å². The summed E-state index contributed by atoms with van der Waals surface area (Å²) in [5.41, 5.74) is 0.879. The summed E-state index contributed by atoms with van der Waals surface area (Å²) in [4.78, 5) is 11.6. The summed E-state index contributed by atoms with van der Waals surface area (Å²) in [7, 11) is 1.31. The van der Waals surface area contributed by atoms with Crippen LogP contribution in [-0.2, 0) is 4.74 Å². The molecule has 0 saturated carbocycles. The molecule has 2 aromatic rings. The Morgan fingerprint density at radius 3 is 2.82 bits per heavy atom. The summed E-state index contributed by atoms with van der Waals surface area (Å²) in [5, 5.41) is 9.68. The summed E-state index contributed by atoms with van der Waals surface area (Å²) in [6.45, 7) is 0. The topological polar surface area (TPSA) is 59.7 Å². The fraction of sp³-hybridized carbons (Fsp3) is 0.0833. The zero-order chi connectivity index (χ0) is 12.4. The molecule has 0 aliphatic heterocycles. The van der Waals surface area contributed by atoms with E-state index in [1.807, 2.05) is 22.6 Å². The highest BCUT2D eigenvalue weighted by atomic mass is 127. The number of furan rings is 1. The lowest BCUT2D eigenvalue weighted by molar-refractivity contribution is 0.0601. The normalized spacial score (nSPS) is 10.2. The van der Waals surface area contributed by atoms with Crippen molar-refractivity contribution in [1.82, 2.24) is 0 Å². The molecule has 5 heteroatoms. The van der Waals surface area contributed by atoms with Crippen molar-refractivity contribution in [3.8, 4) is 17.1 Å². The zero-order valence-electron chi connectivity index (χ0n) is 8.94. The lowest BCUT2D eigenvalue weighted by Crippen LogP contribution is -2.04. The molecule has 17 heavy (non-hydrogen) atoms. The highest BCUT2D eigenvalue weighted by Gasteiger charge is 2.17. The predicted octanol–water partition coefficient (Wildman–Crippen LogP) is 3.04. The number of rotatable bonds is 2. The number of carbonyl (C=O) groups excluding carboxylic acids is 1. The molecule has 0 aliphatic carbocycles. The Kier molecular flexibility index (Phi) is 3.37. The number of phenolic OH excluding ortho intramolecular Hbond substituents is 1. The summed E-state index contributed by atoms with van der Waals surface area (Å²) >= 11 is 1.95. The third-order valence-corrected chi connectivity index (χ3v) is 3.14. The fourth-order valence-electron chi connectivity index (χ4n) is 1.48. The van der Waals surface area contributed by atoms with Crippen LogP contribution in [0.15, 0.2) is 34.9 Å². The van der Waals surface area contributed by atoms with Crippen LogP contribution in [0.4, 0.5) is 0 Å². The minimum Gasteiger partial charge on any atom is -0.507 e. The van der Waals surface area contributed by atoms with Gasteiger partial charge in [-0.2, -0.15) is 0 Å². The molecule has 0 aliphatic rings. The smallest absolute Gasteiger partial charge is 0.338 e. The average Bonchev–Trinajstić information content (AvgIpc) is 2.84. The molecule has 1 aromatic heterocycles. The number of hydrogen-bond acceptors (Lipinski definition) is 4. The first-order valence-electron chi connectivity index (χ1n) is 4.78. The SMILES string of the molecule is COC(=O)c1cc(I)c(O)cc1-c1ccco1. The van der Waals surface area contributed by atoms with E-state index < -0.39 is 5.97 Å². The molecule has 1 heterocycles. The number of halogens is 1. The summed E-state index contributed by atoms with van der Waals surface area (Å²) in [6, 6.07) is 6.49. The second-order valence-electron chi connectivity index (χ2n) is 3.32. The molecule has 4 nitrogen and oxygen atoms in total. The van der Waals surface area contributed by atoms with Gasteiger partial charge in [-0.05, 0) is 46.9 Å². The molecule has 0 spiro atoms. The van der Waals surface area contributed by atoms with Gasteiger partial charge in [-0.15, -0.1) is 0 Å². The summed E-state index contributed by atoms with van der Waals surface area (Å²) < 4.78 is 10.5. The Labute approximate surface area is 111 Å². The van der Waals surface area contributed by atoms with Gasteiger partial charge in [0.15, 0.2) is 0 Å². The number of ether oxygens (including phenoxy) is 1. The van der Waals surface area contributed by atoms with Crippen LogP contribution >= 0.6 is 22.6 Å². The van der Waals surface area contributed by atoms with E-state index in [1.54, 1.807) is 18.2 Å². The van der Waals surface area contributed by atoms with Crippen LogP contribution in [0.2, 0.25) is 0 Å². The van der Waals surface area contributed by atoms with Crippen LogP contribution in [0.25, 0.3) is 11.3 Å². The van der Waals surface area contributed by atoms with E-state index in [0.717, 1.165) is 0 Å². The molecular formula is C12H9IO4. The van der Waals surface area contributed by atoms with Gasteiger partial charge in [-0.25, -0.2) is 4.79 Å². The second kappa shape index (κ2) is 4.79. The lowest BCUT2D eigenvalue weighted by atomic mass is 10.0. The fourth-order valence-corrected chi connectivity index (χ4v) is 1.94. The molecule has 0 fully saturated rings. The van der Waals surface area contributed by atoms with Gasteiger partial charge < -0.3 is 14.3 Å². The van der Waals surface area contributed by atoms with Gasteiger partial charge in [0.2, 0.25) is 0 Å². The molecule has 0 atom stereocenters. The minimum absolute atomic E-state index is 0.102. The Morgan fingerprint density at radius 2 is 2.24 bits per heavy atom. The Morgan fingerprint density at radius 1 is 1.47 bits per heavy atom. The third kappa shape index (κ3) is 2.28. The number of esters is 1. The molecule has 0 radical (unpaired) electrons. The highest BCUT2D eigenvalue weighted by molar-refractivity contribution is 14.1. The van der Waals surface area contributed by atoms with Crippen LogP contribution in [0.1, 0.15) is 10.4 Å². The Hall–Kier alpha value is -1.50. The molecule has 1 aromatic carbocycles. The number of benzene rings is 1. The Balaban J connectivity index is 2.64. The van der Waals surface area contributed by atoms with Crippen molar-refractivity contribution in [3.05, 3.63) is 39.7 Å². The van der Waals surface area contributed by atoms with Gasteiger partial charge in [0, 0.05) is 5.56 Å². The molecule has 1 N–H and O–H groups in total. The molecule has 0 amide bonds. The second-order valence-corrected chi connectivity index (χ2v) is 4.48. The van der Waals surface area contributed by atoms with Crippen molar-refractivity contribution in [1.29, 1.82) is 0 Å². The van der Waals surface area contributed by atoms with E-state index in [1.165, 1.54) is 19.4 Å². The van der Waals surface area contributed by atoms with Crippen LogP contribution in [0.3, 0.4) is 0 Å². The molecular weight excluding hydrogens is 335 g/mol. The third-order valence-electron chi connectivity index (χ3n) is 2.28. The van der Waals surface area contributed by atoms with Crippen molar-refractivity contribution in [2.24, 2.45) is 0 Å². The molecule has 0 saturated heterocycles. The van der Waals surface area contributed by atoms with Crippen LogP contribution in [0.5, 0.6) is 5.75 Å². The van der Waals surface area contributed by atoms with Gasteiger partial charge >= 0.3 is 5.97 Å². The first-order valence-corrected chi connectivity index (χ1v) is 5.86. The van der Waals surface area contributed by atoms with Gasteiger partial charge in [0.25, 0.3) is 0 Å². The largest absolute Gasteiger partial charge is 0.507 e. The van der Waals surface area contributed by atoms with Crippen molar-refractivity contribution in [2.75, 3.05) is 7.11 Å². The monoisotopic (exact) mass is 344 g/mol. The first kappa shape index (κ1) is 12.0. The van der Waals surface area contributed by atoms with Crippen molar-refractivity contribution < 1.29 is 19.1 Å². The summed E-state index contributed by atoms with van der Waals surface area (Å²) in [6.07, 6.45) is 1.51. The zero-order valence-corrected chi connectivity index (χ0v) is 11.1. The predicted molar refractivity (Wildman–Crippen MR) is 69.9 cm³/mol. The molecule has 0 bridgehead atoms. The lowest BCUT2D eigenvalue weighted by Gasteiger charge is -2.07. The van der Waals surface area contributed by atoms with E-state index >= 15 is 0 Å². The average molecular weight is 344 g/mol. The minimum atomic E-state index is -0.464. The van der Waals surface area contributed by atoms with Gasteiger partial charge in [-0.1, -0.05) is 0 Å². The van der Waals surface area contributed by atoms with Crippen LogP contribution in [0, 0.1) is 3.57 Å². The van der Waals surface area contributed by atoms with E-state index in [0.29, 0.717) is 20.5 Å². The summed E-state index contributed by atoms with van der Waals surface area (Å²) in [5.74, 6) is 0.149. The van der Waals surface area contributed by atoms with Crippen molar-refractivity contribution in [3.63, 3.8) is 0 Å². The van der Waals surface area contributed by atoms with Gasteiger partial charge in [-0.3, -0.25) is 0 Å². The number of phenols is 1. The Bertz CT molecular complexity index is 546. The van der Waals surface area contributed by atoms with Crippen molar-refractivity contribution in [2.45, 2.75) is 0 Å². The van der Waals surface area contributed by atoms with E-state index in [2.05, 4.69) is 0 Å². The van der Waals surface area contributed by atoms with E-state index in [9.17, 15) is 9.90 Å². The first-order chi connectivity index (χ1) is 8.13. The number of aromatic hydroxyl groups is 1. The highest BCUT2D eigenvalue weighted by Crippen LogP contribution is 2.32. The number of hydrogen-bond donors (Lipinski definition) is 1. The maximum absolute atomic E-state index is 11.6.